The Bertz CT molecular complexity index is 81.7. The van der Waals surface area contributed by atoms with Crippen LogP contribution < -0.4 is 10.6 Å². The molecule has 52 valence electrons. The zero-order valence-electron chi connectivity index (χ0n) is 4.77. The molecule has 10 heavy (non-hydrogen) atoms. The summed E-state index contributed by atoms with van der Waals surface area (Å²) in [5.74, 6) is 0. The van der Waals surface area contributed by atoms with Crippen molar-refractivity contribution in [1.29, 1.82) is 0 Å². The van der Waals surface area contributed by atoms with E-state index in [1.165, 1.54) is 0 Å². The van der Waals surface area contributed by atoms with Gasteiger partial charge in [0.1, 0.15) is 0 Å². The molecule has 0 aliphatic heterocycles. The maximum atomic E-state index is 9.74. The molecule has 0 spiro atoms. The summed E-state index contributed by atoms with van der Waals surface area (Å²) in [6, 6.07) is 0. The van der Waals surface area contributed by atoms with Crippen LogP contribution in [0, 0.1) is 0 Å². The molecule has 0 unspecified atom stereocenters. The van der Waals surface area contributed by atoms with E-state index in [4.69, 9.17) is 5.11 Å². The first-order chi connectivity index (χ1) is 3.77. The van der Waals surface area contributed by atoms with Crippen LogP contribution in [0.1, 0.15) is 0 Å². The van der Waals surface area contributed by atoms with Gasteiger partial charge in [0.25, 0.3) is 0 Å². The third kappa shape index (κ3) is 16.1. The summed E-state index contributed by atoms with van der Waals surface area (Å²) in [5.41, 5.74) is 0. The quantitative estimate of drug-likeness (QED) is 0.341. The van der Waals surface area contributed by atoms with Crippen LogP contribution in [0.15, 0.2) is 0 Å². The summed E-state index contributed by atoms with van der Waals surface area (Å²) in [6.45, 7) is 1.14. The van der Waals surface area contributed by atoms with Crippen LogP contribution in [0.2, 0.25) is 0 Å². The normalized spacial score (nSPS) is 6.90. The zero-order chi connectivity index (χ0) is 6.41. The van der Waals surface area contributed by atoms with Crippen LogP contribution >= 0.6 is 0 Å². The maximum absolute atomic E-state index is 9.74. The molecule has 0 aromatic heterocycles. The van der Waals surface area contributed by atoms with Gasteiger partial charge in [-0.3, -0.25) is 0 Å². The van der Waals surface area contributed by atoms with E-state index in [9.17, 15) is 4.79 Å². The van der Waals surface area contributed by atoms with Crippen LogP contribution in [0.4, 0.5) is 4.79 Å². The molecule has 0 saturated carbocycles. The molecule has 3 N–H and O–H groups in total. The first-order valence-corrected chi connectivity index (χ1v) is 2.38. The van der Waals surface area contributed by atoms with Crippen molar-refractivity contribution in [2.45, 2.75) is 0 Å². The van der Waals surface area contributed by atoms with E-state index in [1.807, 2.05) is 0 Å². The van der Waals surface area contributed by atoms with Gasteiger partial charge in [-0.1, -0.05) is 0 Å². The number of likely N-dealkylation sites (N-methyl/N-ethyl adjacent to an activating group) is 1. The Labute approximate surface area is 105 Å². The molecule has 0 bridgehead atoms. The molecule has 0 aromatic carbocycles. The van der Waals surface area contributed by atoms with Crippen molar-refractivity contribution >= 4 is 65.2 Å². The second kappa shape index (κ2) is 12.9. The summed E-state index contributed by atoms with van der Waals surface area (Å²) in [4.78, 5) is 9.74. The number of hydrogen-bond acceptors (Lipinski definition) is 2. The average molecular weight is 166 g/mol. The number of nitrogens with one attached hydrogen (secondary N) is 2. The van der Waals surface area contributed by atoms with E-state index in [1.54, 1.807) is 7.05 Å². The van der Waals surface area contributed by atoms with E-state index in [0.29, 0.717) is 13.1 Å². The Hall–Kier alpha value is 1.23. The predicted molar refractivity (Wildman–Crippen MR) is 44.3 cm³/mol. The fourth-order valence-electron chi connectivity index (χ4n) is 0.294. The first-order valence-electron chi connectivity index (χ1n) is 2.38. The van der Waals surface area contributed by atoms with Gasteiger partial charge in [-0.05, 0) is 7.05 Å². The molecule has 0 rings (SSSR count). The molecule has 0 aliphatic rings. The van der Waals surface area contributed by atoms with E-state index in [-0.39, 0.29) is 59.1 Å². The Morgan fingerprint density at radius 3 is 2.20 bits per heavy atom. The molecule has 0 aromatic rings. The van der Waals surface area contributed by atoms with Gasteiger partial charge in [0.05, 0.1) is 0 Å². The topological polar surface area (TPSA) is 61.4 Å². The number of hydrogen-bond donors (Lipinski definition) is 3. The summed E-state index contributed by atoms with van der Waals surface area (Å²) in [6.07, 6.45) is -0.972. The Morgan fingerprint density at radius 2 is 1.90 bits per heavy atom. The number of carbonyl (C=O) groups is 1. The van der Waals surface area contributed by atoms with Crippen LogP contribution in [0.25, 0.3) is 0 Å². The molecule has 0 radical (unpaired) electrons. The zero-order valence-corrected chi connectivity index (χ0v) is 4.77. The van der Waals surface area contributed by atoms with E-state index in [0.717, 1.165) is 0 Å². The molecule has 1 amide bonds. The van der Waals surface area contributed by atoms with Crippen molar-refractivity contribution in [3.05, 3.63) is 0 Å². The summed E-state index contributed by atoms with van der Waals surface area (Å²) >= 11 is 0. The van der Waals surface area contributed by atoms with Gasteiger partial charge in [-0.2, -0.15) is 0 Å². The van der Waals surface area contributed by atoms with Gasteiger partial charge in [0, 0.05) is 13.1 Å². The van der Waals surface area contributed by atoms with Crippen molar-refractivity contribution in [2.75, 3.05) is 20.1 Å². The first kappa shape index (κ1) is 17.4. The summed E-state index contributed by atoms with van der Waals surface area (Å²) in [5, 5.41) is 13.0. The molecule has 0 saturated heterocycles. The van der Waals surface area contributed by atoms with Gasteiger partial charge in [-0.25, -0.2) is 4.79 Å². The van der Waals surface area contributed by atoms with Gasteiger partial charge in [0.15, 0.2) is 0 Å². The third-order valence-corrected chi connectivity index (χ3v) is 0.651. The van der Waals surface area contributed by atoms with Crippen molar-refractivity contribution in [2.24, 2.45) is 0 Å². The number of rotatable bonds is 3. The second-order valence-electron chi connectivity index (χ2n) is 1.34. The molecule has 0 fully saturated rings. The molecular formula is C4H12N2Na2O2. The Balaban J connectivity index is -0.000000245. The number of carboxylic acid groups (broad SMARTS) is 1. The van der Waals surface area contributed by atoms with Crippen LogP contribution in [-0.2, 0) is 0 Å². The van der Waals surface area contributed by atoms with Crippen molar-refractivity contribution in [1.82, 2.24) is 10.6 Å². The molecular weight excluding hydrogens is 154 g/mol. The third-order valence-electron chi connectivity index (χ3n) is 0.651. The van der Waals surface area contributed by atoms with Gasteiger partial charge >= 0.3 is 65.2 Å². The SMILES string of the molecule is CNCCNC(=O)O.[NaH].[NaH]. The van der Waals surface area contributed by atoms with Crippen LogP contribution in [-0.4, -0.2) is 90.5 Å². The molecule has 4 nitrogen and oxygen atoms in total. The van der Waals surface area contributed by atoms with E-state index >= 15 is 0 Å². The number of amides is 1. The fraction of sp³-hybridized carbons (Fsp3) is 0.750. The Kier molecular flexibility index (Phi) is 22.3. The molecule has 0 aliphatic carbocycles. The van der Waals surface area contributed by atoms with E-state index < -0.39 is 6.09 Å². The Morgan fingerprint density at radius 1 is 1.40 bits per heavy atom. The van der Waals surface area contributed by atoms with Crippen molar-refractivity contribution < 1.29 is 9.90 Å². The minimum atomic E-state index is -0.972. The van der Waals surface area contributed by atoms with Gasteiger partial charge in [-0.15, -0.1) is 0 Å². The van der Waals surface area contributed by atoms with Crippen LogP contribution in [0.3, 0.4) is 0 Å². The predicted octanol–water partition coefficient (Wildman–Crippen LogP) is -1.82. The molecule has 0 atom stereocenters. The van der Waals surface area contributed by atoms with Gasteiger partial charge < -0.3 is 15.7 Å². The second-order valence-corrected chi connectivity index (χ2v) is 1.34. The molecule has 6 heteroatoms. The minimum absolute atomic E-state index is 0. The van der Waals surface area contributed by atoms with Crippen LogP contribution in [0.5, 0.6) is 0 Å². The monoisotopic (exact) mass is 166 g/mol. The summed E-state index contributed by atoms with van der Waals surface area (Å²) < 4.78 is 0. The average Bonchev–Trinajstić information content (AvgIpc) is 1.66. The van der Waals surface area contributed by atoms with Crippen molar-refractivity contribution in [3.63, 3.8) is 0 Å². The molecule has 0 heterocycles. The van der Waals surface area contributed by atoms with Gasteiger partial charge in [0.2, 0.25) is 0 Å². The standard InChI is InChI=1S/C4H10N2O2.2Na.2H/c1-5-2-3-6-4(7)8;;;;/h5-6H,2-3H2,1H3,(H,7,8);;;;. The van der Waals surface area contributed by atoms with Crippen molar-refractivity contribution in [3.8, 4) is 0 Å². The summed E-state index contributed by atoms with van der Waals surface area (Å²) in [7, 11) is 1.77. The fourth-order valence-corrected chi connectivity index (χ4v) is 0.294. The van der Waals surface area contributed by atoms with E-state index in [2.05, 4.69) is 10.6 Å².